The summed E-state index contributed by atoms with van der Waals surface area (Å²) in [6, 6.07) is 0.248. The fraction of sp³-hybridized carbons (Fsp3) is 0.812. The van der Waals surface area contributed by atoms with E-state index in [2.05, 4.69) is 19.4 Å². The first-order valence-electron chi connectivity index (χ1n) is 8.65. The third-order valence-corrected chi connectivity index (χ3v) is 6.96. The van der Waals surface area contributed by atoms with E-state index >= 15 is 0 Å². The molecule has 2 fully saturated rings. The molecule has 0 aliphatic carbocycles. The molecule has 8 heteroatoms. The summed E-state index contributed by atoms with van der Waals surface area (Å²) in [5.41, 5.74) is 0. The summed E-state index contributed by atoms with van der Waals surface area (Å²) in [6.45, 7) is 7.20. The molecule has 1 aromatic heterocycles. The Balaban J connectivity index is 1.59. The van der Waals surface area contributed by atoms with E-state index in [1.165, 1.54) is 0 Å². The van der Waals surface area contributed by atoms with Crippen molar-refractivity contribution < 1.29 is 13.2 Å². The second-order valence-corrected chi connectivity index (χ2v) is 8.95. The Morgan fingerprint density at radius 1 is 1.17 bits per heavy atom. The fourth-order valence-corrected chi connectivity index (χ4v) is 5.99. The second kappa shape index (κ2) is 7.51. The highest BCUT2D eigenvalue weighted by atomic mass is 32.2. The predicted octanol–water partition coefficient (Wildman–Crippen LogP) is 0.0112. The summed E-state index contributed by atoms with van der Waals surface area (Å²) in [5.74, 6) is 1.62. The third kappa shape index (κ3) is 3.99. The van der Waals surface area contributed by atoms with Crippen LogP contribution in [0.5, 0.6) is 0 Å². The average Bonchev–Trinajstić information content (AvgIpc) is 3.08. The quantitative estimate of drug-likeness (QED) is 0.686. The van der Waals surface area contributed by atoms with E-state index in [-0.39, 0.29) is 12.1 Å². The van der Waals surface area contributed by atoms with E-state index in [0.717, 1.165) is 45.0 Å². The van der Waals surface area contributed by atoms with Crippen LogP contribution in [0.4, 0.5) is 0 Å². The zero-order chi connectivity index (χ0) is 17.2. The summed E-state index contributed by atoms with van der Waals surface area (Å²) < 4.78 is 31.7. The molecular weight excluding hydrogens is 328 g/mol. The van der Waals surface area contributed by atoms with Crippen LogP contribution in [0.1, 0.15) is 12.2 Å². The Morgan fingerprint density at radius 2 is 1.83 bits per heavy atom. The standard InChI is InChI=1S/C16H28N4O3S/c1-14-17-4-7-18(14)5-3-6-19-8-9-20(10-11-23-2)16-13-24(21,22)12-15(16)19/h4,7,15-16H,3,5-6,8-13H2,1-2H3/t15-,16+/m0/s1. The molecule has 0 radical (unpaired) electrons. The van der Waals surface area contributed by atoms with Crippen LogP contribution in [0.2, 0.25) is 0 Å². The molecule has 2 aliphatic heterocycles. The van der Waals surface area contributed by atoms with Crippen molar-refractivity contribution in [2.24, 2.45) is 0 Å². The average molecular weight is 356 g/mol. The van der Waals surface area contributed by atoms with Crippen molar-refractivity contribution >= 4 is 9.84 Å². The Labute approximate surface area is 144 Å². The van der Waals surface area contributed by atoms with Gasteiger partial charge in [0.15, 0.2) is 9.84 Å². The molecular formula is C16H28N4O3S. The molecule has 0 unspecified atom stereocenters. The number of hydrogen-bond donors (Lipinski definition) is 0. The van der Waals surface area contributed by atoms with Crippen molar-refractivity contribution in [3.8, 4) is 0 Å². The smallest absolute Gasteiger partial charge is 0.153 e. The van der Waals surface area contributed by atoms with Gasteiger partial charge in [-0.25, -0.2) is 13.4 Å². The number of fused-ring (bicyclic) bond motifs is 1. The number of sulfone groups is 1. The second-order valence-electron chi connectivity index (χ2n) is 6.80. The molecule has 3 heterocycles. The van der Waals surface area contributed by atoms with Gasteiger partial charge in [-0.15, -0.1) is 0 Å². The summed E-state index contributed by atoms with van der Waals surface area (Å²) in [5, 5.41) is 0. The Kier molecular flexibility index (Phi) is 5.59. The lowest BCUT2D eigenvalue weighted by molar-refractivity contribution is 0.0283. The lowest BCUT2D eigenvalue weighted by Gasteiger charge is -2.44. The number of imidazole rings is 1. The maximum atomic E-state index is 12.2. The molecule has 24 heavy (non-hydrogen) atoms. The van der Waals surface area contributed by atoms with Gasteiger partial charge in [0.25, 0.3) is 0 Å². The number of hydrogen-bond acceptors (Lipinski definition) is 6. The molecule has 0 bridgehead atoms. The van der Waals surface area contributed by atoms with E-state index in [4.69, 9.17) is 4.74 Å². The summed E-state index contributed by atoms with van der Waals surface area (Å²) >= 11 is 0. The number of rotatable bonds is 7. The molecule has 136 valence electrons. The largest absolute Gasteiger partial charge is 0.383 e. The van der Waals surface area contributed by atoms with E-state index in [0.29, 0.717) is 18.1 Å². The van der Waals surface area contributed by atoms with Gasteiger partial charge in [0.05, 0.1) is 18.1 Å². The molecule has 7 nitrogen and oxygen atoms in total. The van der Waals surface area contributed by atoms with Gasteiger partial charge >= 0.3 is 0 Å². The van der Waals surface area contributed by atoms with Crippen molar-refractivity contribution in [1.29, 1.82) is 0 Å². The van der Waals surface area contributed by atoms with Crippen molar-refractivity contribution in [2.75, 3.05) is 51.4 Å². The monoisotopic (exact) mass is 356 g/mol. The zero-order valence-corrected chi connectivity index (χ0v) is 15.4. The molecule has 0 saturated carbocycles. The normalized spacial score (nSPS) is 27.4. The number of aromatic nitrogens is 2. The van der Waals surface area contributed by atoms with Crippen LogP contribution in [0.15, 0.2) is 12.4 Å². The Morgan fingerprint density at radius 3 is 2.42 bits per heavy atom. The molecule has 2 atom stereocenters. The highest BCUT2D eigenvalue weighted by Crippen LogP contribution is 2.27. The maximum Gasteiger partial charge on any atom is 0.153 e. The Hall–Kier alpha value is -0.960. The van der Waals surface area contributed by atoms with Crippen LogP contribution in [0.25, 0.3) is 0 Å². The summed E-state index contributed by atoms with van der Waals surface area (Å²) in [6.07, 6.45) is 4.84. The summed E-state index contributed by atoms with van der Waals surface area (Å²) in [4.78, 5) is 8.92. The molecule has 3 rings (SSSR count). The topological polar surface area (TPSA) is 67.7 Å². The van der Waals surface area contributed by atoms with Gasteiger partial charge in [-0.2, -0.15) is 0 Å². The van der Waals surface area contributed by atoms with Crippen LogP contribution < -0.4 is 0 Å². The molecule has 0 N–H and O–H groups in total. The Bertz CT molecular complexity index is 646. The number of ether oxygens (including phenoxy) is 1. The van der Waals surface area contributed by atoms with Crippen molar-refractivity contribution in [3.63, 3.8) is 0 Å². The minimum Gasteiger partial charge on any atom is -0.383 e. The first-order chi connectivity index (χ1) is 11.5. The first kappa shape index (κ1) is 17.8. The lowest BCUT2D eigenvalue weighted by atomic mass is 10.0. The predicted molar refractivity (Wildman–Crippen MR) is 92.8 cm³/mol. The minimum absolute atomic E-state index is 0.119. The van der Waals surface area contributed by atoms with Crippen molar-refractivity contribution in [3.05, 3.63) is 18.2 Å². The lowest BCUT2D eigenvalue weighted by Crippen LogP contribution is -2.59. The SMILES string of the molecule is COCCN1CCN(CCCn2ccnc2C)[C@H]2CS(=O)(=O)C[C@H]21. The van der Waals surface area contributed by atoms with Crippen LogP contribution in [0, 0.1) is 6.92 Å². The fourth-order valence-electron chi connectivity index (χ4n) is 3.94. The van der Waals surface area contributed by atoms with Crippen LogP contribution in [0.3, 0.4) is 0 Å². The molecule has 0 spiro atoms. The number of aryl methyl sites for hydroxylation is 2. The van der Waals surface area contributed by atoms with Gasteiger partial charge in [-0.05, 0) is 13.3 Å². The molecule has 2 aliphatic rings. The van der Waals surface area contributed by atoms with Crippen LogP contribution >= 0.6 is 0 Å². The van der Waals surface area contributed by atoms with Gasteiger partial charge in [0, 0.05) is 64.3 Å². The molecule has 0 aromatic carbocycles. The van der Waals surface area contributed by atoms with Gasteiger partial charge in [0.2, 0.25) is 0 Å². The number of nitrogens with zero attached hydrogens (tertiary/aromatic N) is 4. The van der Waals surface area contributed by atoms with Crippen molar-refractivity contribution in [1.82, 2.24) is 19.4 Å². The van der Waals surface area contributed by atoms with Crippen LogP contribution in [-0.4, -0.2) is 91.3 Å². The summed E-state index contributed by atoms with van der Waals surface area (Å²) in [7, 11) is -1.24. The van der Waals surface area contributed by atoms with Gasteiger partial charge in [-0.3, -0.25) is 9.80 Å². The van der Waals surface area contributed by atoms with E-state index in [1.54, 1.807) is 7.11 Å². The van der Waals surface area contributed by atoms with E-state index in [9.17, 15) is 8.42 Å². The highest BCUT2D eigenvalue weighted by Gasteiger charge is 2.45. The van der Waals surface area contributed by atoms with Crippen molar-refractivity contribution in [2.45, 2.75) is 32.0 Å². The van der Waals surface area contributed by atoms with E-state index < -0.39 is 9.84 Å². The molecule has 2 saturated heterocycles. The number of methoxy groups -OCH3 is 1. The van der Waals surface area contributed by atoms with Gasteiger partial charge in [0.1, 0.15) is 5.82 Å². The third-order valence-electron chi connectivity index (χ3n) is 5.26. The number of piperazine rings is 1. The van der Waals surface area contributed by atoms with Gasteiger partial charge in [-0.1, -0.05) is 0 Å². The minimum atomic E-state index is -2.93. The first-order valence-corrected chi connectivity index (χ1v) is 10.5. The van der Waals surface area contributed by atoms with Crippen LogP contribution in [-0.2, 0) is 21.1 Å². The maximum absolute atomic E-state index is 12.2. The zero-order valence-electron chi connectivity index (χ0n) is 14.6. The highest BCUT2D eigenvalue weighted by molar-refractivity contribution is 7.91. The molecule has 1 aromatic rings. The molecule has 0 amide bonds. The van der Waals surface area contributed by atoms with E-state index in [1.807, 2.05) is 19.3 Å². The van der Waals surface area contributed by atoms with Gasteiger partial charge < -0.3 is 9.30 Å².